The van der Waals surface area contributed by atoms with Gasteiger partial charge in [0.05, 0.1) is 17.5 Å². The zero-order chi connectivity index (χ0) is 18.1. The van der Waals surface area contributed by atoms with Gasteiger partial charge < -0.3 is 5.11 Å². The number of rotatable bonds is 5. The van der Waals surface area contributed by atoms with Crippen molar-refractivity contribution in [2.45, 2.75) is 23.8 Å². The van der Waals surface area contributed by atoms with Crippen molar-refractivity contribution in [2.75, 3.05) is 13.2 Å². The molecule has 0 fully saturated rings. The lowest BCUT2D eigenvalue weighted by molar-refractivity contribution is 0.226. The number of aliphatic hydroxyl groups is 1. The Morgan fingerprint density at radius 3 is 2.81 bits per heavy atom. The minimum absolute atomic E-state index is 0.0722. The minimum Gasteiger partial charge on any atom is -0.395 e. The van der Waals surface area contributed by atoms with Crippen molar-refractivity contribution < 1.29 is 13.5 Å². The lowest BCUT2D eigenvalue weighted by atomic mass is 10.1. The first-order chi connectivity index (χ1) is 12.6. The second kappa shape index (κ2) is 6.79. The highest BCUT2D eigenvalue weighted by Crippen LogP contribution is 2.39. The second-order valence-electron chi connectivity index (χ2n) is 6.45. The summed E-state index contributed by atoms with van der Waals surface area (Å²) in [5.41, 5.74) is 2.21. The van der Waals surface area contributed by atoms with E-state index in [1.807, 2.05) is 30.3 Å². The molecule has 1 atom stereocenters. The van der Waals surface area contributed by atoms with Gasteiger partial charge in [-0.25, -0.2) is 8.42 Å². The van der Waals surface area contributed by atoms with Crippen molar-refractivity contribution in [1.82, 2.24) is 9.29 Å². The summed E-state index contributed by atoms with van der Waals surface area (Å²) in [6, 6.07) is 14.6. The van der Waals surface area contributed by atoms with E-state index in [1.54, 1.807) is 30.6 Å². The van der Waals surface area contributed by atoms with Gasteiger partial charge >= 0.3 is 0 Å². The largest absolute Gasteiger partial charge is 0.395 e. The van der Waals surface area contributed by atoms with Crippen molar-refractivity contribution in [3.05, 3.63) is 72.1 Å². The van der Waals surface area contributed by atoms with E-state index in [1.165, 1.54) is 9.87 Å². The van der Waals surface area contributed by atoms with Gasteiger partial charge in [-0.2, -0.15) is 4.31 Å². The van der Waals surface area contributed by atoms with E-state index in [4.69, 9.17) is 0 Å². The Morgan fingerprint density at radius 2 is 1.96 bits per heavy atom. The molecule has 0 amide bonds. The average Bonchev–Trinajstić information content (AvgIpc) is 3.09. The second-order valence-corrected chi connectivity index (χ2v) is 8.30. The Hall–Kier alpha value is -2.28. The summed E-state index contributed by atoms with van der Waals surface area (Å²) >= 11 is 0. The van der Waals surface area contributed by atoms with Gasteiger partial charge in [-0.3, -0.25) is 4.98 Å². The molecule has 3 aromatic rings. The Labute approximate surface area is 153 Å². The minimum atomic E-state index is -3.77. The molecule has 1 N–H and O–H groups in total. The summed E-state index contributed by atoms with van der Waals surface area (Å²) in [7, 11) is -3.77. The third kappa shape index (κ3) is 2.80. The zero-order valence-corrected chi connectivity index (χ0v) is 15.1. The number of pyridine rings is 1. The number of fused-ring (bicyclic) bond motifs is 2. The highest BCUT2D eigenvalue weighted by molar-refractivity contribution is 7.89. The topological polar surface area (TPSA) is 70.5 Å². The highest BCUT2D eigenvalue weighted by Gasteiger charge is 2.36. The molecule has 0 radical (unpaired) electrons. The first-order valence-electron chi connectivity index (χ1n) is 8.66. The fourth-order valence-electron chi connectivity index (χ4n) is 3.82. The molecule has 1 aromatic heterocycles. The van der Waals surface area contributed by atoms with Gasteiger partial charge in [0.25, 0.3) is 0 Å². The van der Waals surface area contributed by atoms with Crippen LogP contribution in [0, 0.1) is 0 Å². The number of hydrogen-bond acceptors (Lipinski definition) is 4. The van der Waals surface area contributed by atoms with Gasteiger partial charge in [0.15, 0.2) is 0 Å². The van der Waals surface area contributed by atoms with Gasteiger partial charge in [-0.15, -0.1) is 0 Å². The maximum absolute atomic E-state index is 13.5. The molecule has 0 bridgehead atoms. The number of aliphatic hydroxyl groups excluding tert-OH is 1. The Morgan fingerprint density at radius 1 is 1.12 bits per heavy atom. The summed E-state index contributed by atoms with van der Waals surface area (Å²) in [5.74, 6) is 0. The quantitative estimate of drug-likeness (QED) is 0.752. The molecule has 0 saturated heterocycles. The van der Waals surface area contributed by atoms with Crippen LogP contribution in [-0.2, 0) is 16.4 Å². The predicted octanol–water partition coefficient (Wildman–Crippen LogP) is 2.91. The lowest BCUT2D eigenvalue weighted by Gasteiger charge is -2.28. The predicted molar refractivity (Wildman–Crippen MR) is 100 cm³/mol. The first kappa shape index (κ1) is 17.1. The smallest absolute Gasteiger partial charge is 0.244 e. The molecule has 0 aliphatic heterocycles. The van der Waals surface area contributed by atoms with Gasteiger partial charge in [-0.1, -0.05) is 36.4 Å². The van der Waals surface area contributed by atoms with Crippen LogP contribution in [0.15, 0.2) is 65.8 Å². The molecule has 0 saturated carbocycles. The third-order valence-electron chi connectivity index (χ3n) is 5.00. The van der Waals surface area contributed by atoms with Crippen LogP contribution >= 0.6 is 0 Å². The first-order valence-corrected chi connectivity index (χ1v) is 10.1. The molecular formula is C20H20N2O3S. The summed E-state index contributed by atoms with van der Waals surface area (Å²) in [5, 5.41) is 11.0. The number of aryl methyl sites for hydroxylation is 1. The van der Waals surface area contributed by atoms with Gasteiger partial charge in [0.2, 0.25) is 10.0 Å². The Bertz CT molecular complexity index is 1040. The number of benzene rings is 2. The van der Waals surface area contributed by atoms with Crippen molar-refractivity contribution >= 4 is 20.8 Å². The zero-order valence-electron chi connectivity index (χ0n) is 14.2. The highest BCUT2D eigenvalue weighted by atomic mass is 32.2. The van der Waals surface area contributed by atoms with E-state index in [0.29, 0.717) is 5.39 Å². The van der Waals surface area contributed by atoms with Crippen LogP contribution < -0.4 is 0 Å². The molecule has 2 aromatic carbocycles. The number of sulfonamides is 1. The van der Waals surface area contributed by atoms with E-state index < -0.39 is 10.0 Å². The number of hydrogen-bond donors (Lipinski definition) is 1. The Balaban J connectivity index is 1.84. The maximum Gasteiger partial charge on any atom is 0.244 e. The fourth-order valence-corrected chi connectivity index (χ4v) is 5.66. The molecule has 6 heteroatoms. The SMILES string of the molecule is O=S(=O)(c1cccc2cnccc12)N(CCO)C1CCc2ccccc21. The van der Waals surface area contributed by atoms with Gasteiger partial charge in [0.1, 0.15) is 0 Å². The molecule has 1 heterocycles. The van der Waals surface area contributed by atoms with E-state index in [9.17, 15) is 13.5 Å². The molecule has 4 rings (SSSR count). The standard InChI is InChI=1S/C20H20N2O3S/c23-13-12-22(19-9-8-15-4-1-2-6-17(15)19)26(24,25)20-7-3-5-16-14-21-11-10-18(16)20/h1-7,10-11,14,19,23H,8-9,12-13H2. The normalized spacial score (nSPS) is 16.9. The molecular weight excluding hydrogens is 348 g/mol. The molecule has 1 aliphatic rings. The molecule has 1 aliphatic carbocycles. The molecule has 26 heavy (non-hydrogen) atoms. The van der Waals surface area contributed by atoms with Crippen LogP contribution in [-0.4, -0.2) is 36.0 Å². The number of aromatic nitrogens is 1. The average molecular weight is 368 g/mol. The lowest BCUT2D eigenvalue weighted by Crippen LogP contribution is -2.36. The third-order valence-corrected chi connectivity index (χ3v) is 6.96. The Kier molecular flexibility index (Phi) is 4.48. The van der Waals surface area contributed by atoms with E-state index in [2.05, 4.69) is 4.98 Å². The van der Waals surface area contributed by atoms with Crippen LogP contribution in [0.4, 0.5) is 0 Å². The summed E-state index contributed by atoms with van der Waals surface area (Å²) in [6.07, 6.45) is 4.83. The molecule has 1 unspecified atom stereocenters. The van der Waals surface area contributed by atoms with E-state index >= 15 is 0 Å². The van der Waals surface area contributed by atoms with Crippen molar-refractivity contribution in [3.8, 4) is 0 Å². The van der Waals surface area contributed by atoms with Gasteiger partial charge in [0, 0.05) is 29.7 Å². The molecule has 134 valence electrons. The summed E-state index contributed by atoms with van der Waals surface area (Å²) in [6.45, 7) is -0.146. The summed E-state index contributed by atoms with van der Waals surface area (Å²) in [4.78, 5) is 4.34. The number of nitrogens with zero attached hydrogens (tertiary/aromatic N) is 2. The van der Waals surface area contributed by atoms with Gasteiger partial charge in [-0.05, 0) is 36.1 Å². The van der Waals surface area contributed by atoms with Crippen LogP contribution in [0.1, 0.15) is 23.6 Å². The van der Waals surface area contributed by atoms with Crippen molar-refractivity contribution in [3.63, 3.8) is 0 Å². The van der Waals surface area contributed by atoms with Crippen molar-refractivity contribution in [1.29, 1.82) is 0 Å². The van der Waals surface area contributed by atoms with Crippen LogP contribution in [0.3, 0.4) is 0 Å². The van der Waals surface area contributed by atoms with Crippen LogP contribution in [0.25, 0.3) is 10.8 Å². The van der Waals surface area contributed by atoms with Crippen LogP contribution in [0.5, 0.6) is 0 Å². The summed E-state index contributed by atoms with van der Waals surface area (Å²) < 4.78 is 28.5. The monoisotopic (exact) mass is 368 g/mol. The molecule has 5 nitrogen and oxygen atoms in total. The molecule has 0 spiro atoms. The maximum atomic E-state index is 13.5. The van der Waals surface area contributed by atoms with E-state index in [0.717, 1.165) is 23.8 Å². The van der Waals surface area contributed by atoms with E-state index in [-0.39, 0.29) is 24.1 Å². The van der Waals surface area contributed by atoms with Crippen molar-refractivity contribution in [2.24, 2.45) is 0 Å². The fraction of sp³-hybridized carbons (Fsp3) is 0.250. The van der Waals surface area contributed by atoms with Crippen LogP contribution in [0.2, 0.25) is 0 Å².